The van der Waals surface area contributed by atoms with Gasteiger partial charge in [0, 0.05) is 6.54 Å². The SMILES string of the molecule is C=CCN(CC(=O)O)S(=O)(=O)c1ccc(C(=O)OC)cc1. The Bertz CT molecular complexity index is 635. The number of methoxy groups -OCH3 is 1. The van der Waals surface area contributed by atoms with Crippen molar-refractivity contribution in [2.75, 3.05) is 20.2 Å². The maximum absolute atomic E-state index is 12.3. The molecule has 21 heavy (non-hydrogen) atoms. The first-order valence-corrected chi connectivity index (χ1v) is 7.28. The van der Waals surface area contributed by atoms with E-state index in [2.05, 4.69) is 11.3 Å². The van der Waals surface area contributed by atoms with Crippen LogP contribution in [0.25, 0.3) is 0 Å². The summed E-state index contributed by atoms with van der Waals surface area (Å²) in [5, 5.41) is 8.77. The molecule has 0 atom stereocenters. The van der Waals surface area contributed by atoms with Crippen LogP contribution in [0.5, 0.6) is 0 Å². The van der Waals surface area contributed by atoms with E-state index in [4.69, 9.17) is 5.11 Å². The number of aliphatic carboxylic acids is 1. The van der Waals surface area contributed by atoms with E-state index >= 15 is 0 Å². The molecule has 0 saturated heterocycles. The predicted octanol–water partition coefficient (Wildman–Crippen LogP) is 0.734. The second-order valence-corrected chi connectivity index (χ2v) is 5.93. The fourth-order valence-electron chi connectivity index (χ4n) is 1.57. The molecule has 0 aliphatic carbocycles. The zero-order valence-electron chi connectivity index (χ0n) is 11.4. The standard InChI is InChI=1S/C13H15NO6S/c1-3-8-14(9-12(15)16)21(18,19)11-6-4-10(5-7-11)13(17)20-2/h3-7H,1,8-9H2,2H3,(H,15,16). The summed E-state index contributed by atoms with van der Waals surface area (Å²) in [6, 6.07) is 5.04. The molecule has 0 aromatic heterocycles. The third-order valence-corrected chi connectivity index (χ3v) is 4.38. The third-order valence-electron chi connectivity index (χ3n) is 2.56. The smallest absolute Gasteiger partial charge is 0.337 e. The number of ether oxygens (including phenoxy) is 1. The lowest BCUT2D eigenvalue weighted by molar-refractivity contribution is -0.137. The number of carboxylic acid groups (broad SMARTS) is 1. The highest BCUT2D eigenvalue weighted by atomic mass is 32.2. The van der Waals surface area contributed by atoms with Crippen LogP contribution in [0.3, 0.4) is 0 Å². The maximum atomic E-state index is 12.3. The minimum atomic E-state index is -3.98. The second-order valence-electron chi connectivity index (χ2n) is 4.00. The lowest BCUT2D eigenvalue weighted by Crippen LogP contribution is -2.35. The summed E-state index contributed by atoms with van der Waals surface area (Å²) in [6.45, 7) is 2.60. The van der Waals surface area contributed by atoms with Crippen LogP contribution in [0, 0.1) is 0 Å². The Hall–Kier alpha value is -2.19. The lowest BCUT2D eigenvalue weighted by atomic mass is 10.2. The summed E-state index contributed by atoms with van der Waals surface area (Å²) in [5.41, 5.74) is 0.199. The van der Waals surface area contributed by atoms with Crippen molar-refractivity contribution in [3.05, 3.63) is 42.5 Å². The van der Waals surface area contributed by atoms with E-state index in [0.717, 1.165) is 4.31 Å². The van der Waals surface area contributed by atoms with Crippen LogP contribution >= 0.6 is 0 Å². The van der Waals surface area contributed by atoms with Crippen LogP contribution in [0.15, 0.2) is 41.8 Å². The van der Waals surface area contributed by atoms with Crippen molar-refractivity contribution in [1.82, 2.24) is 4.31 Å². The quantitative estimate of drug-likeness (QED) is 0.588. The van der Waals surface area contributed by atoms with Gasteiger partial charge in [-0.3, -0.25) is 4.79 Å². The first-order chi connectivity index (χ1) is 9.82. The van der Waals surface area contributed by atoms with Crippen molar-refractivity contribution in [2.24, 2.45) is 0 Å². The summed E-state index contributed by atoms with van der Waals surface area (Å²) in [7, 11) is -2.76. The molecule has 0 heterocycles. The van der Waals surface area contributed by atoms with Gasteiger partial charge in [-0.05, 0) is 24.3 Å². The van der Waals surface area contributed by atoms with Gasteiger partial charge in [-0.1, -0.05) is 6.08 Å². The minimum Gasteiger partial charge on any atom is -0.480 e. The van der Waals surface area contributed by atoms with Crippen LogP contribution in [-0.2, 0) is 19.6 Å². The molecular formula is C13H15NO6S. The molecule has 1 N–H and O–H groups in total. The lowest BCUT2D eigenvalue weighted by Gasteiger charge is -2.18. The number of esters is 1. The molecule has 0 spiro atoms. The zero-order valence-corrected chi connectivity index (χ0v) is 12.2. The number of sulfonamides is 1. The molecule has 0 radical (unpaired) electrons. The highest BCUT2D eigenvalue weighted by molar-refractivity contribution is 7.89. The molecule has 0 amide bonds. The van der Waals surface area contributed by atoms with Crippen LogP contribution in [0.1, 0.15) is 10.4 Å². The van der Waals surface area contributed by atoms with E-state index in [-0.39, 0.29) is 17.0 Å². The van der Waals surface area contributed by atoms with Crippen LogP contribution < -0.4 is 0 Å². The summed E-state index contributed by atoms with van der Waals surface area (Å²) >= 11 is 0. The molecule has 7 nitrogen and oxygen atoms in total. The van der Waals surface area contributed by atoms with E-state index in [1.54, 1.807) is 0 Å². The van der Waals surface area contributed by atoms with E-state index in [9.17, 15) is 18.0 Å². The van der Waals surface area contributed by atoms with Gasteiger partial charge in [0.25, 0.3) is 0 Å². The van der Waals surface area contributed by atoms with E-state index in [1.165, 1.54) is 37.5 Å². The molecule has 0 saturated carbocycles. The average Bonchev–Trinajstić information content (AvgIpc) is 2.45. The molecule has 1 aromatic rings. The molecule has 0 aliphatic rings. The number of hydrogen-bond donors (Lipinski definition) is 1. The fourth-order valence-corrected chi connectivity index (χ4v) is 2.93. The third kappa shape index (κ3) is 4.14. The van der Waals surface area contributed by atoms with E-state index in [0.29, 0.717) is 0 Å². The summed E-state index contributed by atoms with van der Waals surface area (Å²) in [6.07, 6.45) is 1.29. The Morgan fingerprint density at radius 2 is 1.90 bits per heavy atom. The Labute approximate surface area is 122 Å². The molecule has 0 bridgehead atoms. The number of nitrogens with zero attached hydrogens (tertiary/aromatic N) is 1. The molecule has 1 aromatic carbocycles. The predicted molar refractivity (Wildman–Crippen MR) is 74.4 cm³/mol. The van der Waals surface area contributed by atoms with Crippen LogP contribution in [0.2, 0.25) is 0 Å². The maximum Gasteiger partial charge on any atom is 0.337 e. The average molecular weight is 313 g/mol. The molecule has 0 aliphatic heterocycles. The van der Waals surface area contributed by atoms with Crippen LogP contribution in [0.4, 0.5) is 0 Å². The van der Waals surface area contributed by atoms with Gasteiger partial charge in [0.2, 0.25) is 10.0 Å². The molecule has 0 fully saturated rings. The topological polar surface area (TPSA) is 101 Å². The monoisotopic (exact) mass is 313 g/mol. The summed E-state index contributed by atoms with van der Waals surface area (Å²) in [5.74, 6) is -1.86. The molecular weight excluding hydrogens is 298 g/mol. The first kappa shape index (κ1) is 16.9. The summed E-state index contributed by atoms with van der Waals surface area (Å²) < 4.78 is 29.9. The fraction of sp³-hybridized carbons (Fsp3) is 0.231. The number of carbonyl (C=O) groups excluding carboxylic acids is 1. The number of rotatable bonds is 7. The molecule has 0 unspecified atom stereocenters. The van der Waals surface area contributed by atoms with Crippen molar-refractivity contribution in [3.8, 4) is 0 Å². The van der Waals surface area contributed by atoms with Gasteiger partial charge in [0.15, 0.2) is 0 Å². The number of carbonyl (C=O) groups is 2. The van der Waals surface area contributed by atoms with Gasteiger partial charge >= 0.3 is 11.9 Å². The highest BCUT2D eigenvalue weighted by Gasteiger charge is 2.25. The van der Waals surface area contributed by atoms with Crippen molar-refractivity contribution >= 4 is 22.0 Å². The Morgan fingerprint density at radius 1 is 1.33 bits per heavy atom. The first-order valence-electron chi connectivity index (χ1n) is 5.84. The van der Waals surface area contributed by atoms with Gasteiger partial charge in [-0.15, -0.1) is 6.58 Å². The Balaban J connectivity index is 3.12. The van der Waals surface area contributed by atoms with E-state index < -0.39 is 28.5 Å². The molecule has 114 valence electrons. The largest absolute Gasteiger partial charge is 0.480 e. The van der Waals surface area contributed by atoms with Crippen molar-refractivity contribution in [2.45, 2.75) is 4.90 Å². The Kier molecular flexibility index (Phi) is 5.62. The Morgan fingerprint density at radius 3 is 2.33 bits per heavy atom. The molecule has 8 heteroatoms. The van der Waals surface area contributed by atoms with Gasteiger partial charge in [0.05, 0.1) is 17.6 Å². The van der Waals surface area contributed by atoms with Gasteiger partial charge in [-0.25, -0.2) is 13.2 Å². The highest BCUT2D eigenvalue weighted by Crippen LogP contribution is 2.16. The number of benzene rings is 1. The van der Waals surface area contributed by atoms with Crippen LogP contribution in [-0.4, -0.2) is 50.0 Å². The minimum absolute atomic E-state index is 0.113. The normalized spacial score (nSPS) is 11.1. The van der Waals surface area contributed by atoms with Crippen molar-refractivity contribution in [3.63, 3.8) is 0 Å². The van der Waals surface area contributed by atoms with Gasteiger partial charge < -0.3 is 9.84 Å². The van der Waals surface area contributed by atoms with Crippen molar-refractivity contribution < 1.29 is 27.9 Å². The summed E-state index contributed by atoms with van der Waals surface area (Å²) in [4.78, 5) is 21.9. The van der Waals surface area contributed by atoms with Gasteiger partial charge in [0.1, 0.15) is 6.54 Å². The van der Waals surface area contributed by atoms with Crippen molar-refractivity contribution in [1.29, 1.82) is 0 Å². The number of hydrogen-bond acceptors (Lipinski definition) is 5. The van der Waals surface area contributed by atoms with Gasteiger partial charge in [-0.2, -0.15) is 4.31 Å². The number of carboxylic acids is 1. The van der Waals surface area contributed by atoms with E-state index in [1.807, 2.05) is 0 Å². The second kappa shape index (κ2) is 7.00. The zero-order chi connectivity index (χ0) is 16.0. The molecule has 1 rings (SSSR count).